The molecule has 2 aromatic carbocycles. The molecule has 0 fully saturated rings. The molecule has 0 aliphatic rings. The monoisotopic (exact) mass is 402 g/mol. The average molecular weight is 402 g/mol. The highest BCUT2D eigenvalue weighted by Crippen LogP contribution is 2.30. The Morgan fingerprint density at radius 1 is 1.07 bits per heavy atom. The van der Waals surface area contributed by atoms with Gasteiger partial charge < -0.3 is 4.74 Å². The summed E-state index contributed by atoms with van der Waals surface area (Å²) in [6, 6.07) is 12.9. The first-order valence-corrected chi connectivity index (χ1v) is 8.66. The fourth-order valence-corrected chi connectivity index (χ4v) is 2.67. The van der Waals surface area contributed by atoms with E-state index in [1.54, 1.807) is 12.1 Å². The van der Waals surface area contributed by atoms with Crippen LogP contribution in [0.2, 0.25) is 0 Å². The smallest absolute Gasteiger partial charge is 0.416 e. The fourth-order valence-electron chi connectivity index (χ4n) is 2.67. The van der Waals surface area contributed by atoms with Crippen LogP contribution in [0.3, 0.4) is 0 Å². The number of nitrogens with zero attached hydrogens (tertiary/aromatic N) is 2. The molecule has 1 aromatic heterocycles. The maximum Gasteiger partial charge on any atom is 0.416 e. The first kappa shape index (κ1) is 20.3. The zero-order valence-electron chi connectivity index (χ0n) is 15.7. The van der Waals surface area contributed by atoms with Crippen molar-refractivity contribution >= 4 is 5.97 Å². The van der Waals surface area contributed by atoms with Crippen molar-refractivity contribution in [1.29, 1.82) is 0 Å². The highest BCUT2D eigenvalue weighted by atomic mass is 19.4. The number of hydrogen-bond acceptors (Lipinski definition) is 4. The van der Waals surface area contributed by atoms with Gasteiger partial charge in [-0.15, -0.1) is 0 Å². The van der Waals surface area contributed by atoms with Crippen molar-refractivity contribution in [2.75, 3.05) is 0 Å². The molecule has 0 saturated heterocycles. The molecule has 1 heterocycles. The van der Waals surface area contributed by atoms with Crippen LogP contribution in [0.1, 0.15) is 32.9 Å². The van der Waals surface area contributed by atoms with E-state index in [4.69, 9.17) is 4.74 Å². The molecule has 0 aliphatic carbocycles. The van der Waals surface area contributed by atoms with Crippen LogP contribution in [0.15, 0.2) is 59.4 Å². The molecule has 0 aliphatic heterocycles. The Kier molecular flexibility index (Phi) is 5.54. The molecule has 5 nitrogen and oxygen atoms in total. The minimum atomic E-state index is -4.53. The minimum Gasteiger partial charge on any atom is -0.456 e. The number of carbonyl (C=O) groups excluding carboxylic acids is 1. The van der Waals surface area contributed by atoms with Crippen molar-refractivity contribution in [2.24, 2.45) is 0 Å². The maximum atomic E-state index is 13.0. The Morgan fingerprint density at radius 2 is 1.76 bits per heavy atom. The molecule has 3 rings (SSSR count). The predicted molar refractivity (Wildman–Crippen MR) is 99.9 cm³/mol. The molecule has 0 N–H and O–H groups in total. The number of rotatable bonds is 4. The number of esters is 1. The molecule has 8 heteroatoms. The second-order valence-electron chi connectivity index (χ2n) is 6.52. The SMILES string of the molecule is Cc1ccc(COC(=O)c2nn(-c3cccc(C(F)(F)F)c3)c(C)cc2=O)cc1. The summed E-state index contributed by atoms with van der Waals surface area (Å²) >= 11 is 0. The third-order valence-electron chi connectivity index (χ3n) is 4.21. The number of aromatic nitrogens is 2. The number of aryl methyl sites for hydroxylation is 2. The van der Waals surface area contributed by atoms with Gasteiger partial charge in [-0.1, -0.05) is 35.9 Å². The van der Waals surface area contributed by atoms with E-state index in [1.165, 1.54) is 19.1 Å². The first-order valence-electron chi connectivity index (χ1n) is 8.66. The molecule has 150 valence electrons. The Bertz CT molecular complexity index is 1100. The summed E-state index contributed by atoms with van der Waals surface area (Å²) in [5.41, 5.74) is 0.103. The van der Waals surface area contributed by atoms with Gasteiger partial charge in [0.25, 0.3) is 0 Å². The second-order valence-corrected chi connectivity index (χ2v) is 6.52. The minimum absolute atomic E-state index is 0.0579. The van der Waals surface area contributed by atoms with Gasteiger partial charge in [-0.2, -0.15) is 18.3 Å². The van der Waals surface area contributed by atoms with E-state index >= 15 is 0 Å². The Morgan fingerprint density at radius 3 is 2.41 bits per heavy atom. The summed E-state index contributed by atoms with van der Waals surface area (Å²) < 4.78 is 45.2. The van der Waals surface area contributed by atoms with Gasteiger partial charge >= 0.3 is 12.1 Å². The first-order chi connectivity index (χ1) is 13.6. The lowest BCUT2D eigenvalue weighted by Crippen LogP contribution is -2.24. The lowest BCUT2D eigenvalue weighted by molar-refractivity contribution is -0.137. The van der Waals surface area contributed by atoms with Crippen LogP contribution in [0, 0.1) is 13.8 Å². The van der Waals surface area contributed by atoms with E-state index in [9.17, 15) is 22.8 Å². The molecule has 3 aromatic rings. The molecule has 0 saturated carbocycles. The van der Waals surface area contributed by atoms with Gasteiger partial charge in [-0.3, -0.25) is 4.79 Å². The molecule has 0 unspecified atom stereocenters. The molecule has 0 bridgehead atoms. The summed E-state index contributed by atoms with van der Waals surface area (Å²) in [5, 5.41) is 3.95. The second kappa shape index (κ2) is 7.90. The van der Waals surface area contributed by atoms with E-state index < -0.39 is 28.8 Å². The van der Waals surface area contributed by atoms with Crippen molar-refractivity contribution in [2.45, 2.75) is 26.6 Å². The van der Waals surface area contributed by atoms with E-state index in [-0.39, 0.29) is 18.0 Å². The van der Waals surface area contributed by atoms with E-state index in [0.29, 0.717) is 0 Å². The zero-order chi connectivity index (χ0) is 21.2. The van der Waals surface area contributed by atoms with Gasteiger partial charge in [-0.25, -0.2) is 9.48 Å². The van der Waals surface area contributed by atoms with Crippen molar-refractivity contribution in [3.63, 3.8) is 0 Å². The molecule has 0 amide bonds. The Balaban J connectivity index is 1.90. The summed E-state index contributed by atoms with van der Waals surface area (Å²) in [6.45, 7) is 3.37. The molecular formula is C21H17F3N2O3. The van der Waals surface area contributed by atoms with Gasteiger partial charge in [0, 0.05) is 11.8 Å². The summed E-state index contributed by atoms with van der Waals surface area (Å²) in [7, 11) is 0. The summed E-state index contributed by atoms with van der Waals surface area (Å²) in [6.07, 6.45) is -4.53. The van der Waals surface area contributed by atoms with Crippen LogP contribution >= 0.6 is 0 Å². The quantitative estimate of drug-likeness (QED) is 0.613. The van der Waals surface area contributed by atoms with Gasteiger partial charge in [0.1, 0.15) is 6.61 Å². The number of halogens is 3. The lowest BCUT2D eigenvalue weighted by Gasteiger charge is -2.13. The predicted octanol–water partition coefficient (Wildman–Crippen LogP) is 4.23. The Hall–Kier alpha value is -3.42. The van der Waals surface area contributed by atoms with E-state index in [1.807, 2.05) is 19.1 Å². The van der Waals surface area contributed by atoms with Crippen LogP contribution in [0.5, 0.6) is 0 Å². The number of carbonyl (C=O) groups is 1. The standard InChI is InChI=1S/C21H17F3N2O3/c1-13-6-8-15(9-7-13)12-29-20(28)19-18(27)10-14(2)26(25-19)17-5-3-4-16(11-17)21(22,23)24/h3-11H,12H2,1-2H3. The number of benzene rings is 2. The summed E-state index contributed by atoms with van der Waals surface area (Å²) in [4.78, 5) is 24.5. The molecular weight excluding hydrogens is 385 g/mol. The Labute approximate surface area is 164 Å². The van der Waals surface area contributed by atoms with E-state index in [0.717, 1.165) is 34.0 Å². The van der Waals surface area contributed by atoms with E-state index in [2.05, 4.69) is 5.10 Å². The third kappa shape index (κ3) is 4.71. The third-order valence-corrected chi connectivity index (χ3v) is 4.21. The van der Waals surface area contributed by atoms with Crippen LogP contribution in [0.25, 0.3) is 5.69 Å². The molecule has 0 spiro atoms. The van der Waals surface area contributed by atoms with Crippen LogP contribution in [-0.2, 0) is 17.5 Å². The van der Waals surface area contributed by atoms with Gasteiger partial charge in [0.05, 0.1) is 11.3 Å². The molecule has 29 heavy (non-hydrogen) atoms. The fraction of sp³-hybridized carbons (Fsp3) is 0.190. The normalized spacial score (nSPS) is 11.3. The van der Waals surface area contributed by atoms with Crippen LogP contribution in [0.4, 0.5) is 13.2 Å². The average Bonchev–Trinajstić information content (AvgIpc) is 2.67. The number of alkyl halides is 3. The lowest BCUT2D eigenvalue weighted by atomic mass is 10.2. The zero-order valence-corrected chi connectivity index (χ0v) is 15.7. The van der Waals surface area contributed by atoms with Gasteiger partial charge in [0.2, 0.25) is 11.1 Å². The largest absolute Gasteiger partial charge is 0.456 e. The molecule has 0 atom stereocenters. The van der Waals surface area contributed by atoms with Crippen molar-refractivity contribution in [3.05, 3.63) is 92.9 Å². The van der Waals surface area contributed by atoms with Crippen molar-refractivity contribution in [1.82, 2.24) is 9.78 Å². The van der Waals surface area contributed by atoms with Crippen LogP contribution in [-0.4, -0.2) is 15.7 Å². The number of ether oxygens (including phenoxy) is 1. The van der Waals surface area contributed by atoms with Gasteiger partial charge in [0.15, 0.2) is 0 Å². The highest BCUT2D eigenvalue weighted by Gasteiger charge is 2.30. The topological polar surface area (TPSA) is 61.2 Å². The number of hydrogen-bond donors (Lipinski definition) is 0. The maximum absolute atomic E-state index is 13.0. The molecule has 0 radical (unpaired) electrons. The van der Waals surface area contributed by atoms with Gasteiger partial charge in [-0.05, 0) is 37.6 Å². The van der Waals surface area contributed by atoms with Crippen molar-refractivity contribution < 1.29 is 22.7 Å². The summed E-state index contributed by atoms with van der Waals surface area (Å²) in [5.74, 6) is -0.948. The van der Waals surface area contributed by atoms with Crippen LogP contribution < -0.4 is 5.43 Å². The van der Waals surface area contributed by atoms with Crippen molar-refractivity contribution in [3.8, 4) is 5.69 Å². The highest BCUT2D eigenvalue weighted by molar-refractivity contribution is 5.86.